The van der Waals surface area contributed by atoms with Crippen LogP contribution >= 0.6 is 11.8 Å². The number of hydrogen-bond donors (Lipinski definition) is 0. The van der Waals surface area contributed by atoms with Crippen LogP contribution in [0.15, 0.2) is 82.7 Å². The number of fused-ring (bicyclic) bond motifs is 3. The fourth-order valence-corrected chi connectivity index (χ4v) is 5.38. The fourth-order valence-electron chi connectivity index (χ4n) is 4.19. The van der Waals surface area contributed by atoms with Crippen LogP contribution in [-0.4, -0.2) is 36.9 Å². The SMILES string of the molecule is CCOC(=O)c1cc(C(=O)/C=C/c2ccc3c(c2)Sc2ccccc2N3C)n2ccc(OC)cc12. The van der Waals surface area contributed by atoms with Crippen molar-refractivity contribution in [3.05, 3.63) is 89.8 Å². The number of para-hydroxylation sites is 1. The smallest absolute Gasteiger partial charge is 0.340 e. The van der Waals surface area contributed by atoms with Gasteiger partial charge in [-0.2, -0.15) is 0 Å². The second-order valence-corrected chi connectivity index (χ2v) is 9.12. The summed E-state index contributed by atoms with van der Waals surface area (Å²) in [6.45, 7) is 2.00. The maximum atomic E-state index is 13.2. The summed E-state index contributed by atoms with van der Waals surface area (Å²) in [5, 5.41) is 0. The molecule has 2 aromatic heterocycles. The van der Waals surface area contributed by atoms with E-state index in [4.69, 9.17) is 9.47 Å². The third kappa shape index (κ3) is 4.19. The minimum absolute atomic E-state index is 0.214. The summed E-state index contributed by atoms with van der Waals surface area (Å²) in [7, 11) is 3.62. The fraction of sp³-hybridized carbons (Fsp3) is 0.143. The van der Waals surface area contributed by atoms with E-state index in [0.717, 1.165) is 16.1 Å². The number of aromatic nitrogens is 1. The average molecular weight is 485 g/mol. The van der Waals surface area contributed by atoms with Crippen molar-refractivity contribution in [2.75, 3.05) is 25.7 Å². The monoisotopic (exact) mass is 484 g/mol. The zero-order valence-corrected chi connectivity index (χ0v) is 20.5. The van der Waals surface area contributed by atoms with Gasteiger partial charge in [-0.05, 0) is 55.0 Å². The van der Waals surface area contributed by atoms with E-state index in [9.17, 15) is 9.59 Å². The molecule has 0 bridgehead atoms. The topological polar surface area (TPSA) is 60.3 Å². The number of anilines is 2. The Labute approximate surface area is 207 Å². The molecule has 0 unspecified atom stereocenters. The molecule has 3 heterocycles. The molecule has 0 radical (unpaired) electrons. The lowest BCUT2D eigenvalue weighted by atomic mass is 10.1. The lowest BCUT2D eigenvalue weighted by molar-refractivity contribution is 0.0529. The Morgan fingerprint density at radius 1 is 1.00 bits per heavy atom. The molecule has 1 aliphatic rings. The lowest BCUT2D eigenvalue weighted by Gasteiger charge is -2.29. The van der Waals surface area contributed by atoms with Gasteiger partial charge in [0.15, 0.2) is 0 Å². The van der Waals surface area contributed by atoms with Crippen molar-refractivity contribution in [1.29, 1.82) is 0 Å². The number of carbonyl (C=O) groups excluding carboxylic acids is 2. The number of rotatable bonds is 6. The van der Waals surface area contributed by atoms with E-state index in [0.29, 0.717) is 22.5 Å². The molecule has 0 aliphatic carbocycles. The van der Waals surface area contributed by atoms with Crippen LogP contribution in [0.3, 0.4) is 0 Å². The quantitative estimate of drug-likeness (QED) is 0.183. The molecule has 6 nitrogen and oxygen atoms in total. The van der Waals surface area contributed by atoms with Gasteiger partial charge in [0.2, 0.25) is 5.78 Å². The highest BCUT2D eigenvalue weighted by Crippen LogP contribution is 2.47. The number of hydrogen-bond acceptors (Lipinski definition) is 6. The van der Waals surface area contributed by atoms with E-state index in [1.54, 1.807) is 60.7 Å². The summed E-state index contributed by atoms with van der Waals surface area (Å²) in [4.78, 5) is 30.2. The van der Waals surface area contributed by atoms with Crippen LogP contribution in [0.1, 0.15) is 33.3 Å². The Morgan fingerprint density at radius 2 is 1.80 bits per heavy atom. The van der Waals surface area contributed by atoms with Crippen molar-refractivity contribution in [2.45, 2.75) is 16.7 Å². The van der Waals surface area contributed by atoms with Gasteiger partial charge < -0.3 is 18.8 Å². The van der Waals surface area contributed by atoms with E-state index >= 15 is 0 Å². The molecule has 1 aliphatic heterocycles. The van der Waals surface area contributed by atoms with E-state index in [1.807, 2.05) is 18.2 Å². The van der Waals surface area contributed by atoms with Crippen LogP contribution in [-0.2, 0) is 4.74 Å². The predicted molar refractivity (Wildman–Crippen MR) is 138 cm³/mol. The van der Waals surface area contributed by atoms with Crippen molar-refractivity contribution in [2.24, 2.45) is 0 Å². The Kier molecular flexibility index (Phi) is 6.09. The molecule has 0 saturated carbocycles. The van der Waals surface area contributed by atoms with Gasteiger partial charge in [0.1, 0.15) is 5.75 Å². The first kappa shape index (κ1) is 22.8. The Bertz CT molecular complexity index is 1490. The molecule has 0 spiro atoms. The van der Waals surface area contributed by atoms with Gasteiger partial charge in [0.25, 0.3) is 0 Å². The first-order valence-corrected chi connectivity index (χ1v) is 12.0. The number of carbonyl (C=O) groups is 2. The third-order valence-electron chi connectivity index (χ3n) is 5.95. The van der Waals surface area contributed by atoms with Crippen molar-refractivity contribution >= 4 is 46.5 Å². The highest BCUT2D eigenvalue weighted by Gasteiger charge is 2.21. The zero-order valence-electron chi connectivity index (χ0n) is 19.6. The number of benzene rings is 2. The summed E-state index contributed by atoms with van der Waals surface area (Å²) >= 11 is 1.72. The molecule has 0 amide bonds. The lowest BCUT2D eigenvalue weighted by Crippen LogP contribution is -2.14. The molecular formula is C28H24N2O4S. The Balaban J connectivity index is 1.46. The largest absolute Gasteiger partial charge is 0.497 e. The molecular weight excluding hydrogens is 460 g/mol. The number of pyridine rings is 1. The summed E-state index contributed by atoms with van der Waals surface area (Å²) in [6.07, 6.45) is 5.06. The molecule has 5 rings (SSSR count). The summed E-state index contributed by atoms with van der Waals surface area (Å²) in [5.74, 6) is -0.0975. The van der Waals surface area contributed by atoms with Crippen molar-refractivity contribution in [3.63, 3.8) is 0 Å². The first-order chi connectivity index (χ1) is 17.0. The maximum Gasteiger partial charge on any atom is 0.340 e. The van der Waals surface area contributed by atoms with Gasteiger partial charge in [-0.15, -0.1) is 0 Å². The molecule has 176 valence electrons. The van der Waals surface area contributed by atoms with Gasteiger partial charge in [0, 0.05) is 29.1 Å². The normalized spacial score (nSPS) is 12.5. The van der Waals surface area contributed by atoms with Gasteiger partial charge in [-0.3, -0.25) is 4.79 Å². The highest BCUT2D eigenvalue weighted by atomic mass is 32.2. The summed E-state index contributed by atoms with van der Waals surface area (Å²) in [5.41, 5.74) is 4.50. The molecule has 35 heavy (non-hydrogen) atoms. The van der Waals surface area contributed by atoms with Crippen LogP contribution in [0.4, 0.5) is 11.4 Å². The van der Waals surface area contributed by atoms with Gasteiger partial charge in [-0.25, -0.2) is 4.79 Å². The minimum atomic E-state index is -0.475. The van der Waals surface area contributed by atoms with E-state index in [2.05, 4.69) is 36.2 Å². The molecule has 7 heteroatoms. The number of allylic oxidation sites excluding steroid dienone is 1. The van der Waals surface area contributed by atoms with E-state index in [1.165, 1.54) is 16.7 Å². The summed E-state index contributed by atoms with van der Waals surface area (Å²) in [6, 6.07) is 19.5. The first-order valence-electron chi connectivity index (χ1n) is 11.2. The number of nitrogens with zero attached hydrogens (tertiary/aromatic N) is 2. The number of ether oxygens (including phenoxy) is 2. The number of ketones is 1. The second-order valence-electron chi connectivity index (χ2n) is 8.04. The molecule has 0 fully saturated rings. The second kappa shape index (κ2) is 9.35. The number of esters is 1. The Morgan fingerprint density at radius 3 is 2.60 bits per heavy atom. The van der Waals surface area contributed by atoms with Gasteiger partial charge in [0.05, 0.1) is 41.9 Å². The van der Waals surface area contributed by atoms with Crippen molar-refractivity contribution in [3.8, 4) is 5.75 Å². The minimum Gasteiger partial charge on any atom is -0.497 e. The van der Waals surface area contributed by atoms with Gasteiger partial charge >= 0.3 is 5.97 Å². The zero-order chi connectivity index (χ0) is 24.5. The van der Waals surface area contributed by atoms with Crippen LogP contribution in [0.2, 0.25) is 0 Å². The van der Waals surface area contributed by atoms with Gasteiger partial charge in [-0.1, -0.05) is 36.0 Å². The maximum absolute atomic E-state index is 13.2. The third-order valence-corrected chi connectivity index (χ3v) is 7.06. The van der Waals surface area contributed by atoms with Crippen LogP contribution in [0, 0.1) is 0 Å². The van der Waals surface area contributed by atoms with Crippen LogP contribution in [0.25, 0.3) is 11.6 Å². The van der Waals surface area contributed by atoms with Crippen LogP contribution in [0.5, 0.6) is 5.75 Å². The molecule has 2 aromatic carbocycles. The number of methoxy groups -OCH3 is 1. The van der Waals surface area contributed by atoms with Crippen molar-refractivity contribution in [1.82, 2.24) is 4.40 Å². The highest BCUT2D eigenvalue weighted by molar-refractivity contribution is 7.99. The molecule has 0 N–H and O–H groups in total. The molecule has 0 atom stereocenters. The molecule has 0 saturated heterocycles. The predicted octanol–water partition coefficient (Wildman–Crippen LogP) is 6.25. The van der Waals surface area contributed by atoms with Crippen LogP contribution < -0.4 is 9.64 Å². The standard InChI is InChI=1S/C28H24N2O4S/c1-4-34-28(32)20-17-24(30-14-13-19(33-3)16-23(20)30)25(31)12-10-18-9-11-22-27(15-18)35-26-8-6-5-7-21(26)29(22)2/h5-17H,4H2,1-3H3/b12-10+. The Hall–Kier alpha value is -3.97. The average Bonchev–Trinajstić information content (AvgIpc) is 3.26. The molecule has 4 aromatic rings. The summed E-state index contributed by atoms with van der Waals surface area (Å²) < 4.78 is 12.2. The van der Waals surface area contributed by atoms with Crippen molar-refractivity contribution < 1.29 is 19.1 Å². The van der Waals surface area contributed by atoms with E-state index in [-0.39, 0.29) is 12.4 Å². The van der Waals surface area contributed by atoms with E-state index < -0.39 is 5.97 Å².